The van der Waals surface area contributed by atoms with E-state index in [1.807, 2.05) is 0 Å². The van der Waals surface area contributed by atoms with E-state index in [4.69, 9.17) is 16.7 Å². The molecule has 0 aliphatic carbocycles. The van der Waals surface area contributed by atoms with Crippen LogP contribution in [0.5, 0.6) is 5.75 Å². The first-order chi connectivity index (χ1) is 6.61. The van der Waals surface area contributed by atoms with E-state index >= 15 is 0 Å². The molecule has 0 aliphatic heterocycles. The molecule has 1 aromatic rings. The normalized spacial score (nSPS) is 12.8. The predicted octanol–water partition coefficient (Wildman–Crippen LogP) is 1.52. The Hall–Kier alpha value is -0.770. The van der Waals surface area contributed by atoms with Gasteiger partial charge in [0.1, 0.15) is 5.75 Å². The van der Waals surface area contributed by atoms with Crippen LogP contribution in [0.2, 0.25) is 5.02 Å². The zero-order valence-electron chi connectivity index (χ0n) is 8.00. The number of benzene rings is 1. The second kappa shape index (κ2) is 5.20. The Kier molecular flexibility index (Phi) is 4.20. The van der Waals surface area contributed by atoms with E-state index in [9.17, 15) is 5.11 Å². The number of aliphatic hydroxyl groups is 1. The smallest absolute Gasteiger partial charge is 0.121 e. The molecule has 0 aromatic heterocycles. The monoisotopic (exact) mass is 215 g/mol. The van der Waals surface area contributed by atoms with Crippen LogP contribution in [0.1, 0.15) is 12.5 Å². The van der Waals surface area contributed by atoms with Crippen LogP contribution in [0.4, 0.5) is 0 Å². The highest BCUT2D eigenvalue weighted by molar-refractivity contribution is 6.31. The average Bonchev–Trinajstić information content (AvgIpc) is 2.09. The van der Waals surface area contributed by atoms with Crippen molar-refractivity contribution in [1.29, 1.82) is 0 Å². The minimum Gasteiger partial charge on any atom is -0.508 e. The number of hydrogen-bond acceptors (Lipinski definition) is 3. The summed E-state index contributed by atoms with van der Waals surface area (Å²) in [5, 5.41) is 22.0. The van der Waals surface area contributed by atoms with Crippen molar-refractivity contribution in [3.8, 4) is 5.75 Å². The van der Waals surface area contributed by atoms with E-state index < -0.39 is 6.10 Å². The van der Waals surface area contributed by atoms with Crippen molar-refractivity contribution in [2.75, 3.05) is 6.54 Å². The molecular weight excluding hydrogens is 202 g/mol. The molecule has 0 amide bonds. The molecule has 0 saturated heterocycles. The lowest BCUT2D eigenvalue weighted by molar-refractivity contribution is 0.191. The summed E-state index contributed by atoms with van der Waals surface area (Å²) in [7, 11) is 0. The molecule has 1 rings (SSSR count). The molecule has 3 N–H and O–H groups in total. The Labute approximate surface area is 88.3 Å². The summed E-state index contributed by atoms with van der Waals surface area (Å²) in [5.41, 5.74) is 0.662. The molecule has 0 spiro atoms. The molecule has 14 heavy (non-hydrogen) atoms. The van der Waals surface area contributed by atoms with E-state index in [1.54, 1.807) is 25.1 Å². The number of rotatable bonds is 4. The van der Waals surface area contributed by atoms with Crippen LogP contribution in [-0.4, -0.2) is 22.9 Å². The molecule has 0 bridgehead atoms. The van der Waals surface area contributed by atoms with Gasteiger partial charge in [0.15, 0.2) is 0 Å². The van der Waals surface area contributed by atoms with Crippen LogP contribution in [0, 0.1) is 0 Å². The summed E-state index contributed by atoms with van der Waals surface area (Å²) in [5.74, 6) is 0.176. The van der Waals surface area contributed by atoms with Crippen LogP contribution in [0.3, 0.4) is 0 Å². The van der Waals surface area contributed by atoms with Gasteiger partial charge in [0, 0.05) is 23.7 Å². The van der Waals surface area contributed by atoms with Gasteiger partial charge in [-0.05, 0) is 19.1 Å². The third-order valence-corrected chi connectivity index (χ3v) is 2.19. The van der Waals surface area contributed by atoms with Gasteiger partial charge in [0.05, 0.1) is 6.10 Å². The molecule has 4 heteroatoms. The van der Waals surface area contributed by atoms with Crippen molar-refractivity contribution in [3.63, 3.8) is 0 Å². The number of phenols is 1. The van der Waals surface area contributed by atoms with Crippen LogP contribution >= 0.6 is 11.6 Å². The largest absolute Gasteiger partial charge is 0.508 e. The molecular formula is C10H14ClNO2. The van der Waals surface area contributed by atoms with Crippen molar-refractivity contribution in [3.05, 3.63) is 28.8 Å². The molecule has 1 aromatic carbocycles. The van der Waals surface area contributed by atoms with Crippen molar-refractivity contribution in [2.45, 2.75) is 19.6 Å². The number of nitrogens with one attached hydrogen (secondary N) is 1. The van der Waals surface area contributed by atoms with Crippen molar-refractivity contribution >= 4 is 11.6 Å². The van der Waals surface area contributed by atoms with Gasteiger partial charge < -0.3 is 15.5 Å². The van der Waals surface area contributed by atoms with Gasteiger partial charge in [-0.1, -0.05) is 17.7 Å². The molecule has 78 valence electrons. The topological polar surface area (TPSA) is 52.5 Å². The summed E-state index contributed by atoms with van der Waals surface area (Å²) in [6, 6.07) is 5.00. The van der Waals surface area contributed by atoms with Crippen LogP contribution < -0.4 is 5.32 Å². The number of aliphatic hydroxyl groups excluding tert-OH is 1. The van der Waals surface area contributed by atoms with E-state index in [2.05, 4.69) is 5.32 Å². The van der Waals surface area contributed by atoms with Gasteiger partial charge in [0.25, 0.3) is 0 Å². The minimum atomic E-state index is -0.403. The van der Waals surface area contributed by atoms with Gasteiger partial charge in [-0.3, -0.25) is 0 Å². The molecule has 0 heterocycles. The minimum absolute atomic E-state index is 0.176. The number of phenolic OH excluding ortho intramolecular Hbond substituents is 1. The first-order valence-corrected chi connectivity index (χ1v) is 4.84. The maximum Gasteiger partial charge on any atom is 0.121 e. The van der Waals surface area contributed by atoms with Crippen molar-refractivity contribution in [1.82, 2.24) is 5.32 Å². The highest BCUT2D eigenvalue weighted by atomic mass is 35.5. The summed E-state index contributed by atoms with van der Waals surface area (Å²) in [6.07, 6.45) is -0.403. The van der Waals surface area contributed by atoms with Gasteiger partial charge in [-0.2, -0.15) is 0 Å². The third kappa shape index (κ3) is 3.18. The Bertz CT molecular complexity index is 282. The zero-order valence-corrected chi connectivity index (χ0v) is 8.75. The quantitative estimate of drug-likeness (QED) is 0.714. The molecule has 1 atom stereocenters. The highest BCUT2D eigenvalue weighted by Crippen LogP contribution is 2.24. The maximum atomic E-state index is 9.47. The lowest BCUT2D eigenvalue weighted by Crippen LogP contribution is -2.23. The van der Waals surface area contributed by atoms with Gasteiger partial charge >= 0.3 is 0 Å². The summed E-state index contributed by atoms with van der Waals surface area (Å²) < 4.78 is 0. The highest BCUT2D eigenvalue weighted by Gasteiger charge is 2.05. The third-order valence-electron chi connectivity index (χ3n) is 1.84. The number of aromatic hydroxyl groups is 1. The first-order valence-electron chi connectivity index (χ1n) is 4.46. The lowest BCUT2D eigenvalue weighted by atomic mass is 10.2. The first kappa shape index (κ1) is 11.3. The van der Waals surface area contributed by atoms with Gasteiger partial charge in [-0.15, -0.1) is 0 Å². The molecule has 0 radical (unpaired) electrons. The van der Waals surface area contributed by atoms with E-state index in [1.165, 1.54) is 0 Å². The van der Waals surface area contributed by atoms with Crippen LogP contribution in [0.15, 0.2) is 18.2 Å². The fraction of sp³-hybridized carbons (Fsp3) is 0.400. The van der Waals surface area contributed by atoms with Crippen LogP contribution in [-0.2, 0) is 6.54 Å². The van der Waals surface area contributed by atoms with Crippen molar-refractivity contribution in [2.24, 2.45) is 0 Å². The summed E-state index contributed by atoms with van der Waals surface area (Å²) in [4.78, 5) is 0. The Morgan fingerprint density at radius 1 is 1.50 bits per heavy atom. The number of halogens is 1. The summed E-state index contributed by atoms with van der Waals surface area (Å²) in [6.45, 7) is 2.63. The molecule has 3 nitrogen and oxygen atoms in total. The van der Waals surface area contributed by atoms with E-state index in [-0.39, 0.29) is 5.75 Å². The Morgan fingerprint density at radius 2 is 2.21 bits per heavy atom. The van der Waals surface area contributed by atoms with Crippen LogP contribution in [0.25, 0.3) is 0 Å². The fourth-order valence-corrected chi connectivity index (χ4v) is 1.36. The summed E-state index contributed by atoms with van der Waals surface area (Å²) >= 11 is 5.88. The second-order valence-corrected chi connectivity index (χ2v) is 3.62. The van der Waals surface area contributed by atoms with E-state index in [0.29, 0.717) is 23.7 Å². The molecule has 0 saturated carbocycles. The van der Waals surface area contributed by atoms with E-state index in [0.717, 1.165) is 0 Å². The zero-order chi connectivity index (χ0) is 10.6. The van der Waals surface area contributed by atoms with Crippen molar-refractivity contribution < 1.29 is 10.2 Å². The fourth-order valence-electron chi connectivity index (χ4n) is 1.13. The molecule has 0 fully saturated rings. The average molecular weight is 216 g/mol. The molecule has 0 aliphatic rings. The predicted molar refractivity (Wildman–Crippen MR) is 56.5 cm³/mol. The number of hydrogen-bond donors (Lipinski definition) is 3. The van der Waals surface area contributed by atoms with Gasteiger partial charge in [0.2, 0.25) is 0 Å². The SMILES string of the molecule is C[C@@H](O)CNCc1c(O)cccc1Cl. The molecule has 0 unspecified atom stereocenters. The Balaban J connectivity index is 2.58. The standard InChI is InChI=1S/C10H14ClNO2/c1-7(13)5-12-6-8-9(11)3-2-4-10(8)14/h2-4,7,12-14H,5-6H2,1H3/t7-/m1/s1. The lowest BCUT2D eigenvalue weighted by Gasteiger charge is -2.09. The second-order valence-electron chi connectivity index (χ2n) is 3.22. The van der Waals surface area contributed by atoms with Gasteiger partial charge in [-0.25, -0.2) is 0 Å². The Morgan fingerprint density at radius 3 is 2.79 bits per heavy atom. The maximum absolute atomic E-state index is 9.47.